The van der Waals surface area contributed by atoms with Crippen molar-refractivity contribution in [1.29, 1.82) is 0 Å². The normalized spacial score (nSPS) is 26.8. The summed E-state index contributed by atoms with van der Waals surface area (Å²) < 4.78 is 5.23. The van der Waals surface area contributed by atoms with Gasteiger partial charge in [-0.3, -0.25) is 4.79 Å². The van der Waals surface area contributed by atoms with E-state index in [-0.39, 0.29) is 5.91 Å². The second-order valence-electron chi connectivity index (χ2n) is 7.65. The van der Waals surface area contributed by atoms with Crippen molar-refractivity contribution in [3.05, 3.63) is 0 Å². The Kier molecular flexibility index (Phi) is 5.35. The summed E-state index contributed by atoms with van der Waals surface area (Å²) in [6, 6.07) is -0.159. The number of piperidine rings is 1. The lowest BCUT2D eigenvalue weighted by molar-refractivity contribution is -0.139. The first-order valence-electron chi connectivity index (χ1n) is 8.58. The van der Waals surface area contributed by atoms with E-state index in [9.17, 15) is 9.59 Å². The molecule has 0 aromatic heterocycles. The zero-order valence-corrected chi connectivity index (χ0v) is 14.4. The van der Waals surface area contributed by atoms with E-state index in [2.05, 4.69) is 5.32 Å². The summed E-state index contributed by atoms with van der Waals surface area (Å²) >= 11 is 0. The molecule has 1 N–H and O–H groups in total. The van der Waals surface area contributed by atoms with Gasteiger partial charge in [0, 0.05) is 12.6 Å². The third-order valence-corrected chi connectivity index (χ3v) is 4.63. The Labute approximate surface area is 133 Å². The average molecular weight is 310 g/mol. The second-order valence-corrected chi connectivity index (χ2v) is 7.65. The lowest BCUT2D eigenvalue weighted by Gasteiger charge is -2.45. The molecule has 1 saturated carbocycles. The molecule has 5 heteroatoms. The van der Waals surface area contributed by atoms with E-state index in [1.165, 1.54) is 25.7 Å². The molecule has 2 amide bonds. The molecular formula is C17H30N2O3. The average Bonchev–Trinajstić information content (AvgIpc) is 2.43. The smallest absolute Gasteiger partial charge is 0.408 e. The third-order valence-electron chi connectivity index (χ3n) is 4.63. The molecule has 0 spiro atoms. The van der Waals surface area contributed by atoms with Gasteiger partial charge in [-0.15, -0.1) is 0 Å². The Hall–Kier alpha value is -1.26. The molecule has 1 heterocycles. The maximum absolute atomic E-state index is 12.7. The van der Waals surface area contributed by atoms with Crippen molar-refractivity contribution in [3.63, 3.8) is 0 Å². The quantitative estimate of drug-likeness (QED) is 0.852. The fourth-order valence-corrected chi connectivity index (χ4v) is 3.69. The van der Waals surface area contributed by atoms with Gasteiger partial charge in [-0.1, -0.05) is 12.8 Å². The molecule has 2 unspecified atom stereocenters. The molecule has 1 saturated heterocycles. The number of rotatable bonds is 2. The predicted molar refractivity (Wildman–Crippen MR) is 85.5 cm³/mol. The van der Waals surface area contributed by atoms with Crippen LogP contribution in [0.4, 0.5) is 4.79 Å². The Bertz CT molecular complexity index is 415. The van der Waals surface area contributed by atoms with Crippen molar-refractivity contribution in [2.45, 2.75) is 83.9 Å². The number of amides is 2. The summed E-state index contributed by atoms with van der Waals surface area (Å²) in [6.07, 6.45) is 6.63. The highest BCUT2D eigenvalue weighted by molar-refractivity contribution is 5.85. The highest BCUT2D eigenvalue weighted by Gasteiger charge is 2.37. The molecule has 1 aliphatic heterocycles. The molecule has 0 aromatic rings. The van der Waals surface area contributed by atoms with Crippen LogP contribution in [-0.2, 0) is 9.53 Å². The molecule has 0 bridgehead atoms. The maximum atomic E-state index is 12.7. The van der Waals surface area contributed by atoms with Gasteiger partial charge >= 0.3 is 6.09 Å². The fourth-order valence-electron chi connectivity index (χ4n) is 3.69. The summed E-state index contributed by atoms with van der Waals surface area (Å²) in [7, 11) is 0. The van der Waals surface area contributed by atoms with E-state index in [0.29, 0.717) is 12.0 Å². The van der Waals surface area contributed by atoms with Gasteiger partial charge < -0.3 is 15.0 Å². The van der Waals surface area contributed by atoms with Crippen LogP contribution in [0.1, 0.15) is 66.2 Å². The maximum Gasteiger partial charge on any atom is 0.408 e. The van der Waals surface area contributed by atoms with Crippen LogP contribution in [-0.4, -0.2) is 41.1 Å². The molecule has 2 aliphatic rings. The minimum Gasteiger partial charge on any atom is -0.444 e. The van der Waals surface area contributed by atoms with E-state index in [0.717, 1.165) is 19.4 Å². The number of carbonyl (C=O) groups is 2. The molecule has 22 heavy (non-hydrogen) atoms. The minimum atomic E-state index is -0.549. The topological polar surface area (TPSA) is 58.6 Å². The minimum absolute atomic E-state index is 0.0301. The fraction of sp³-hybridized carbons (Fsp3) is 0.882. The first kappa shape index (κ1) is 17.1. The molecule has 0 aromatic carbocycles. The van der Waals surface area contributed by atoms with Crippen molar-refractivity contribution in [2.75, 3.05) is 6.54 Å². The summed E-state index contributed by atoms with van der Waals surface area (Å²) in [5, 5.41) is 2.68. The van der Waals surface area contributed by atoms with Crippen LogP contribution in [0.25, 0.3) is 0 Å². The van der Waals surface area contributed by atoms with E-state index in [1.807, 2.05) is 25.7 Å². The lowest BCUT2D eigenvalue weighted by atomic mass is 9.78. The van der Waals surface area contributed by atoms with E-state index in [4.69, 9.17) is 4.74 Å². The van der Waals surface area contributed by atoms with E-state index < -0.39 is 17.7 Å². The summed E-state index contributed by atoms with van der Waals surface area (Å²) in [5.74, 6) is 0.683. The third kappa shape index (κ3) is 4.37. The van der Waals surface area contributed by atoms with Crippen LogP contribution in [0.2, 0.25) is 0 Å². The zero-order chi connectivity index (χ0) is 16.3. The van der Waals surface area contributed by atoms with Crippen LogP contribution in [0.5, 0.6) is 0 Å². The highest BCUT2D eigenvalue weighted by Crippen LogP contribution is 2.35. The lowest BCUT2D eigenvalue weighted by Crippen LogP contribution is -2.55. The molecule has 126 valence electrons. The summed E-state index contributed by atoms with van der Waals surface area (Å²) in [5.41, 5.74) is -0.549. The zero-order valence-electron chi connectivity index (χ0n) is 14.4. The number of nitrogens with zero attached hydrogens (tertiary/aromatic N) is 1. The number of nitrogens with one attached hydrogen (secondary N) is 1. The molecule has 1 aliphatic carbocycles. The van der Waals surface area contributed by atoms with Crippen LogP contribution >= 0.6 is 0 Å². The Morgan fingerprint density at radius 1 is 1.14 bits per heavy atom. The Balaban J connectivity index is 1.93. The largest absolute Gasteiger partial charge is 0.444 e. The Morgan fingerprint density at radius 3 is 2.45 bits per heavy atom. The number of fused-ring (bicyclic) bond motifs is 1. The standard InChI is InChI=1S/C17H30N2O3/c1-12(18-16(21)22-17(2,3)4)15(20)19-11-7-9-13-8-5-6-10-14(13)19/h12-14H,5-11H2,1-4H3,(H,18,21)/t12-,13?,14?/m1/s1. The number of hydrogen-bond acceptors (Lipinski definition) is 3. The first-order chi connectivity index (χ1) is 10.3. The van der Waals surface area contributed by atoms with Gasteiger partial charge in [-0.25, -0.2) is 4.79 Å². The van der Waals surface area contributed by atoms with Crippen molar-refractivity contribution in [2.24, 2.45) is 5.92 Å². The Morgan fingerprint density at radius 2 is 1.77 bits per heavy atom. The van der Waals surface area contributed by atoms with Crippen molar-refractivity contribution in [1.82, 2.24) is 10.2 Å². The molecular weight excluding hydrogens is 280 g/mol. The van der Waals surface area contributed by atoms with Crippen LogP contribution in [0.15, 0.2) is 0 Å². The SMILES string of the molecule is C[C@@H](NC(=O)OC(C)(C)C)C(=O)N1CCCC2CCCCC21. The second kappa shape index (κ2) is 6.88. The molecule has 2 fully saturated rings. The van der Waals surface area contributed by atoms with Gasteiger partial charge in [0.2, 0.25) is 5.91 Å². The van der Waals surface area contributed by atoms with Gasteiger partial charge in [0.1, 0.15) is 11.6 Å². The van der Waals surface area contributed by atoms with Crippen molar-refractivity contribution >= 4 is 12.0 Å². The molecule has 5 nitrogen and oxygen atoms in total. The van der Waals surface area contributed by atoms with Gasteiger partial charge in [-0.05, 0) is 59.3 Å². The molecule has 2 rings (SSSR count). The first-order valence-corrected chi connectivity index (χ1v) is 8.58. The molecule has 3 atom stereocenters. The monoisotopic (exact) mass is 310 g/mol. The van der Waals surface area contributed by atoms with E-state index in [1.54, 1.807) is 6.92 Å². The van der Waals surface area contributed by atoms with Crippen molar-refractivity contribution < 1.29 is 14.3 Å². The van der Waals surface area contributed by atoms with Crippen LogP contribution in [0.3, 0.4) is 0 Å². The van der Waals surface area contributed by atoms with Gasteiger partial charge in [0.15, 0.2) is 0 Å². The van der Waals surface area contributed by atoms with Gasteiger partial charge in [0.05, 0.1) is 0 Å². The number of carbonyl (C=O) groups excluding carboxylic acids is 2. The van der Waals surface area contributed by atoms with E-state index >= 15 is 0 Å². The number of likely N-dealkylation sites (tertiary alicyclic amines) is 1. The summed E-state index contributed by atoms with van der Waals surface area (Å²) in [6.45, 7) is 8.02. The number of ether oxygens (including phenoxy) is 1. The molecule has 0 radical (unpaired) electrons. The van der Waals surface area contributed by atoms with Crippen LogP contribution < -0.4 is 5.32 Å². The predicted octanol–water partition coefficient (Wildman–Crippen LogP) is 3.08. The highest BCUT2D eigenvalue weighted by atomic mass is 16.6. The van der Waals surface area contributed by atoms with Gasteiger partial charge in [0.25, 0.3) is 0 Å². The van der Waals surface area contributed by atoms with Crippen molar-refractivity contribution in [3.8, 4) is 0 Å². The van der Waals surface area contributed by atoms with Gasteiger partial charge in [-0.2, -0.15) is 0 Å². The van der Waals surface area contributed by atoms with Crippen LogP contribution in [0, 0.1) is 5.92 Å². The number of alkyl carbamates (subject to hydrolysis) is 1. The number of hydrogen-bond donors (Lipinski definition) is 1. The summed E-state index contributed by atoms with van der Waals surface area (Å²) in [4.78, 5) is 26.6.